The van der Waals surface area contributed by atoms with E-state index in [4.69, 9.17) is 9.47 Å². The maximum atomic E-state index is 12.0. The van der Waals surface area contributed by atoms with Crippen LogP contribution in [0.15, 0.2) is 41.5 Å². The lowest BCUT2D eigenvalue weighted by atomic mass is 9.97. The van der Waals surface area contributed by atoms with E-state index in [0.717, 1.165) is 28.2 Å². The van der Waals surface area contributed by atoms with Crippen molar-refractivity contribution in [3.05, 3.63) is 53.1 Å². The molecule has 0 fully saturated rings. The number of aryl methyl sites for hydroxylation is 1. The molecule has 2 aromatic rings. The Morgan fingerprint density at radius 2 is 1.83 bits per heavy atom. The summed E-state index contributed by atoms with van der Waals surface area (Å²) in [5.41, 5.74) is 5.90. The van der Waals surface area contributed by atoms with Gasteiger partial charge in [-0.05, 0) is 72.9 Å². The molecule has 0 saturated carbocycles. The summed E-state index contributed by atoms with van der Waals surface area (Å²) >= 11 is 0. The van der Waals surface area contributed by atoms with Crippen LogP contribution < -0.4 is 20.2 Å². The first-order valence-electron chi connectivity index (χ1n) is 9.87. The second-order valence-corrected chi connectivity index (χ2v) is 7.08. The molecule has 160 valence electrons. The largest absolute Gasteiger partial charge is 0.496 e. The third-order valence-corrected chi connectivity index (χ3v) is 4.40. The monoisotopic (exact) mass is 411 g/mol. The highest BCUT2D eigenvalue weighted by molar-refractivity contribution is 6.03. The predicted molar refractivity (Wildman–Crippen MR) is 118 cm³/mol. The Labute approximate surface area is 177 Å². The number of ether oxygens (including phenoxy) is 2. The van der Waals surface area contributed by atoms with Crippen LogP contribution in [-0.2, 0) is 9.59 Å². The molecule has 7 heteroatoms. The summed E-state index contributed by atoms with van der Waals surface area (Å²) in [4.78, 5) is 24.0. The molecule has 0 bridgehead atoms. The van der Waals surface area contributed by atoms with Crippen LogP contribution in [0.4, 0.5) is 5.69 Å². The SMILES string of the molecule is CCOc1ccc(NC(=O)CC(=O)NN=Cc2cc(C(C)C)c(OC)cc2C)cc1. The Bertz CT molecular complexity index is 905. The molecule has 0 radical (unpaired) electrons. The highest BCUT2D eigenvalue weighted by atomic mass is 16.5. The molecule has 30 heavy (non-hydrogen) atoms. The second kappa shape index (κ2) is 11.0. The first-order chi connectivity index (χ1) is 14.3. The number of hydrogen-bond acceptors (Lipinski definition) is 5. The van der Waals surface area contributed by atoms with Gasteiger partial charge in [0.15, 0.2) is 0 Å². The number of amides is 2. The molecule has 0 aliphatic heterocycles. The van der Waals surface area contributed by atoms with Crippen molar-refractivity contribution in [3.63, 3.8) is 0 Å². The molecule has 0 heterocycles. The molecule has 0 aliphatic rings. The van der Waals surface area contributed by atoms with Gasteiger partial charge in [0, 0.05) is 5.69 Å². The third-order valence-electron chi connectivity index (χ3n) is 4.40. The smallest absolute Gasteiger partial charge is 0.249 e. The van der Waals surface area contributed by atoms with Crippen molar-refractivity contribution in [1.29, 1.82) is 0 Å². The van der Waals surface area contributed by atoms with Gasteiger partial charge in [-0.2, -0.15) is 5.10 Å². The van der Waals surface area contributed by atoms with Crippen LogP contribution in [0.2, 0.25) is 0 Å². The van der Waals surface area contributed by atoms with E-state index >= 15 is 0 Å². The fraction of sp³-hybridized carbons (Fsp3) is 0.348. The first kappa shape index (κ1) is 22.9. The van der Waals surface area contributed by atoms with E-state index in [1.807, 2.05) is 26.0 Å². The van der Waals surface area contributed by atoms with E-state index in [2.05, 4.69) is 29.7 Å². The molecule has 2 N–H and O–H groups in total. The number of hydrazone groups is 1. The normalized spacial score (nSPS) is 10.9. The van der Waals surface area contributed by atoms with E-state index < -0.39 is 11.8 Å². The molecular formula is C23H29N3O4. The molecule has 0 unspecified atom stereocenters. The number of methoxy groups -OCH3 is 1. The van der Waals surface area contributed by atoms with Crippen molar-refractivity contribution in [3.8, 4) is 11.5 Å². The molecule has 0 saturated heterocycles. The van der Waals surface area contributed by atoms with Crippen LogP contribution in [0.25, 0.3) is 0 Å². The molecule has 2 aromatic carbocycles. The molecule has 0 aromatic heterocycles. The maximum Gasteiger partial charge on any atom is 0.249 e. The molecule has 7 nitrogen and oxygen atoms in total. The average Bonchev–Trinajstić information content (AvgIpc) is 2.70. The number of carbonyl (C=O) groups is 2. The van der Waals surface area contributed by atoms with Crippen LogP contribution in [0.3, 0.4) is 0 Å². The quantitative estimate of drug-likeness (QED) is 0.371. The average molecular weight is 412 g/mol. The lowest BCUT2D eigenvalue weighted by Crippen LogP contribution is -2.24. The highest BCUT2D eigenvalue weighted by Gasteiger charge is 2.11. The van der Waals surface area contributed by atoms with Crippen molar-refractivity contribution in [2.24, 2.45) is 5.10 Å². The number of rotatable bonds is 9. The fourth-order valence-electron chi connectivity index (χ4n) is 2.85. The lowest BCUT2D eigenvalue weighted by Gasteiger charge is -2.14. The maximum absolute atomic E-state index is 12.0. The predicted octanol–water partition coefficient (Wildman–Crippen LogP) is 4.00. The minimum Gasteiger partial charge on any atom is -0.496 e. The Morgan fingerprint density at radius 3 is 2.43 bits per heavy atom. The first-order valence-corrected chi connectivity index (χ1v) is 9.87. The van der Waals surface area contributed by atoms with E-state index in [9.17, 15) is 9.59 Å². The van der Waals surface area contributed by atoms with E-state index in [1.54, 1.807) is 37.6 Å². The summed E-state index contributed by atoms with van der Waals surface area (Å²) in [5.74, 6) is 0.916. The summed E-state index contributed by atoms with van der Waals surface area (Å²) in [5, 5.41) is 6.66. The number of benzene rings is 2. The Hall–Kier alpha value is -3.35. The lowest BCUT2D eigenvalue weighted by molar-refractivity contribution is -0.126. The van der Waals surface area contributed by atoms with Crippen molar-refractivity contribution in [2.75, 3.05) is 19.0 Å². The number of anilines is 1. The van der Waals surface area contributed by atoms with Gasteiger partial charge in [0.05, 0.1) is 19.9 Å². The van der Waals surface area contributed by atoms with E-state index in [0.29, 0.717) is 12.3 Å². The molecule has 0 aliphatic carbocycles. The molecule has 2 amide bonds. The van der Waals surface area contributed by atoms with Crippen LogP contribution in [0.5, 0.6) is 11.5 Å². The van der Waals surface area contributed by atoms with Gasteiger partial charge < -0.3 is 14.8 Å². The zero-order valence-electron chi connectivity index (χ0n) is 18.1. The highest BCUT2D eigenvalue weighted by Crippen LogP contribution is 2.29. The van der Waals surface area contributed by atoms with Crippen LogP contribution >= 0.6 is 0 Å². The summed E-state index contributed by atoms with van der Waals surface area (Å²) in [6, 6.07) is 10.9. The molecule has 0 atom stereocenters. The summed E-state index contributed by atoms with van der Waals surface area (Å²) in [6.07, 6.45) is 1.24. The third kappa shape index (κ3) is 6.62. The zero-order valence-corrected chi connectivity index (χ0v) is 18.1. The summed E-state index contributed by atoms with van der Waals surface area (Å²) in [6.45, 7) is 8.58. The van der Waals surface area contributed by atoms with Gasteiger partial charge >= 0.3 is 0 Å². The second-order valence-electron chi connectivity index (χ2n) is 7.08. The van der Waals surface area contributed by atoms with Crippen molar-refractivity contribution in [2.45, 2.75) is 40.0 Å². The molecular weight excluding hydrogens is 382 g/mol. The minimum absolute atomic E-state index is 0.286. The minimum atomic E-state index is -0.495. The Morgan fingerprint density at radius 1 is 1.13 bits per heavy atom. The van der Waals surface area contributed by atoms with Gasteiger partial charge in [-0.15, -0.1) is 0 Å². The van der Waals surface area contributed by atoms with E-state index in [1.165, 1.54) is 0 Å². The number of carbonyl (C=O) groups excluding carboxylic acids is 2. The van der Waals surface area contributed by atoms with Gasteiger partial charge in [-0.25, -0.2) is 5.43 Å². The van der Waals surface area contributed by atoms with Crippen LogP contribution in [0, 0.1) is 6.92 Å². The van der Waals surface area contributed by atoms with Gasteiger partial charge in [0.25, 0.3) is 0 Å². The molecule has 2 rings (SSSR count). The molecule has 0 spiro atoms. The summed E-state index contributed by atoms with van der Waals surface area (Å²) in [7, 11) is 1.65. The zero-order chi connectivity index (χ0) is 22.1. The van der Waals surface area contributed by atoms with Crippen molar-refractivity contribution < 1.29 is 19.1 Å². The summed E-state index contributed by atoms with van der Waals surface area (Å²) < 4.78 is 10.8. The van der Waals surface area contributed by atoms with Crippen molar-refractivity contribution in [1.82, 2.24) is 5.43 Å². The fourth-order valence-corrected chi connectivity index (χ4v) is 2.85. The van der Waals surface area contributed by atoms with Crippen LogP contribution in [-0.4, -0.2) is 31.7 Å². The van der Waals surface area contributed by atoms with Gasteiger partial charge in [-0.1, -0.05) is 13.8 Å². The number of hydrogen-bond donors (Lipinski definition) is 2. The van der Waals surface area contributed by atoms with Gasteiger partial charge in [0.2, 0.25) is 11.8 Å². The number of nitrogens with one attached hydrogen (secondary N) is 2. The number of nitrogens with zero attached hydrogens (tertiary/aromatic N) is 1. The van der Waals surface area contributed by atoms with E-state index in [-0.39, 0.29) is 12.3 Å². The Kier molecular flexibility index (Phi) is 8.41. The van der Waals surface area contributed by atoms with Crippen molar-refractivity contribution >= 4 is 23.7 Å². The standard InChI is InChI=1S/C23H29N3O4/c1-6-30-19-9-7-18(8-10-19)25-22(27)13-23(28)26-24-14-17-12-20(15(2)3)21(29-5)11-16(17)4/h7-12,14-15H,6,13H2,1-5H3,(H,25,27)(H,26,28). The van der Waals surface area contributed by atoms with Crippen LogP contribution in [0.1, 0.15) is 49.8 Å². The van der Waals surface area contributed by atoms with Gasteiger partial charge in [0.1, 0.15) is 17.9 Å². The van der Waals surface area contributed by atoms with Gasteiger partial charge in [-0.3, -0.25) is 9.59 Å². The topological polar surface area (TPSA) is 89.0 Å². The Balaban J connectivity index is 1.91.